The summed E-state index contributed by atoms with van der Waals surface area (Å²) in [7, 11) is 0. The minimum Gasteiger partial charge on any atom is -0.461 e. The van der Waals surface area contributed by atoms with Crippen molar-refractivity contribution in [2.45, 2.75) is 33.6 Å². The zero-order chi connectivity index (χ0) is 14.4. The van der Waals surface area contributed by atoms with Crippen molar-refractivity contribution < 1.29 is 14.7 Å². The first kappa shape index (κ1) is 20.0. The van der Waals surface area contributed by atoms with E-state index in [0.717, 1.165) is 26.1 Å². The van der Waals surface area contributed by atoms with E-state index >= 15 is 0 Å². The minimum absolute atomic E-state index is 0.106. The number of esters is 1. The normalized spacial score (nSPS) is 10.9. The molecule has 0 radical (unpaired) electrons. The molecule has 0 aromatic heterocycles. The fourth-order valence-electron chi connectivity index (χ4n) is 1.42. The molecule has 0 fully saturated rings. The molecule has 0 atom stereocenters. The number of carbonyl (C=O) groups excluding carboxylic acids is 1. The van der Waals surface area contributed by atoms with Gasteiger partial charge in [0, 0.05) is 6.42 Å². The lowest BCUT2D eigenvalue weighted by Crippen LogP contribution is -2.25. The Morgan fingerprint density at radius 3 is 2.22 bits per heavy atom. The third-order valence-corrected chi connectivity index (χ3v) is 2.41. The van der Waals surface area contributed by atoms with Crippen molar-refractivity contribution in [2.24, 2.45) is 5.16 Å². The third kappa shape index (κ3) is 9.64. The van der Waals surface area contributed by atoms with Crippen molar-refractivity contribution in [1.82, 2.24) is 4.90 Å². The van der Waals surface area contributed by atoms with Gasteiger partial charge in [-0.05, 0) is 37.9 Å². The topological polar surface area (TPSA) is 62.1 Å². The molecule has 0 aliphatic rings. The van der Waals surface area contributed by atoms with Gasteiger partial charge in [-0.1, -0.05) is 41.6 Å². The van der Waals surface area contributed by atoms with E-state index < -0.39 is 5.97 Å². The molecule has 0 aromatic carbocycles. The third-order valence-electron chi connectivity index (χ3n) is 2.41. The Bertz CT molecular complexity index is 231. The number of carbonyl (C=O) groups is 1. The van der Waals surface area contributed by atoms with Crippen LogP contribution in [-0.4, -0.2) is 53.0 Å². The van der Waals surface area contributed by atoms with E-state index in [2.05, 4.69) is 46.5 Å². The highest BCUT2D eigenvalue weighted by atomic mass is 127. The zero-order valence-electron chi connectivity index (χ0n) is 11.8. The molecule has 0 saturated carbocycles. The molecule has 0 bridgehead atoms. The maximum Gasteiger partial charge on any atom is 0.356 e. The predicted octanol–water partition coefficient (Wildman–Crippen LogP) is 2.55. The van der Waals surface area contributed by atoms with Crippen LogP contribution in [0.2, 0.25) is 0 Å². The Labute approximate surface area is 124 Å². The monoisotopic (exact) mass is 372 g/mol. The van der Waals surface area contributed by atoms with Gasteiger partial charge in [0.15, 0.2) is 5.71 Å². The quantitative estimate of drug-likeness (QED) is 0.178. The lowest BCUT2D eigenvalue weighted by atomic mass is 10.2. The summed E-state index contributed by atoms with van der Waals surface area (Å²) in [4.78, 5) is 15.5. The molecule has 0 rings (SSSR count). The van der Waals surface area contributed by atoms with Gasteiger partial charge in [-0.3, -0.25) is 0 Å². The number of nitrogens with zero attached hydrogens (tertiary/aromatic N) is 2. The summed E-state index contributed by atoms with van der Waals surface area (Å²) in [6.07, 6.45) is 1.24. The lowest BCUT2D eigenvalue weighted by molar-refractivity contribution is -0.135. The molecule has 0 spiro atoms. The van der Waals surface area contributed by atoms with E-state index in [0.29, 0.717) is 13.0 Å². The van der Waals surface area contributed by atoms with Crippen LogP contribution in [0.1, 0.15) is 33.6 Å². The largest absolute Gasteiger partial charge is 0.461 e. The van der Waals surface area contributed by atoms with E-state index in [9.17, 15) is 4.79 Å². The number of rotatable bonds is 8. The van der Waals surface area contributed by atoms with Crippen molar-refractivity contribution in [3.63, 3.8) is 0 Å². The van der Waals surface area contributed by atoms with Gasteiger partial charge in [0.1, 0.15) is 0 Å². The van der Waals surface area contributed by atoms with Crippen molar-refractivity contribution in [3.05, 3.63) is 0 Å². The SMILES string of the molecule is CCOC(=O)C(CCCN(CC)CC)=NO.CI. The van der Waals surface area contributed by atoms with Crippen LogP contribution in [0.4, 0.5) is 0 Å². The maximum atomic E-state index is 11.3. The van der Waals surface area contributed by atoms with Crippen LogP contribution in [0.15, 0.2) is 5.16 Å². The summed E-state index contributed by atoms with van der Waals surface area (Å²) in [6.45, 7) is 9.08. The summed E-state index contributed by atoms with van der Waals surface area (Å²) < 4.78 is 4.76. The Balaban J connectivity index is 0. The molecule has 0 aliphatic heterocycles. The number of oxime groups is 1. The van der Waals surface area contributed by atoms with Crippen LogP contribution in [0.25, 0.3) is 0 Å². The Hall–Kier alpha value is -0.370. The van der Waals surface area contributed by atoms with Gasteiger partial charge in [0.25, 0.3) is 0 Å². The van der Waals surface area contributed by atoms with E-state index in [1.54, 1.807) is 6.92 Å². The Morgan fingerprint density at radius 2 is 1.83 bits per heavy atom. The van der Waals surface area contributed by atoms with Gasteiger partial charge in [-0.15, -0.1) is 0 Å². The second kappa shape index (κ2) is 14.7. The van der Waals surface area contributed by atoms with E-state index in [-0.39, 0.29) is 5.71 Å². The van der Waals surface area contributed by atoms with Crippen LogP contribution in [0.3, 0.4) is 0 Å². The van der Waals surface area contributed by atoms with Crippen LogP contribution in [0.5, 0.6) is 0 Å². The first-order chi connectivity index (χ1) is 8.69. The molecule has 0 saturated heterocycles. The molecule has 6 heteroatoms. The lowest BCUT2D eigenvalue weighted by Gasteiger charge is -2.17. The molecule has 5 nitrogen and oxygen atoms in total. The van der Waals surface area contributed by atoms with Gasteiger partial charge in [-0.25, -0.2) is 4.79 Å². The highest BCUT2D eigenvalue weighted by molar-refractivity contribution is 14.1. The van der Waals surface area contributed by atoms with Crippen molar-refractivity contribution in [2.75, 3.05) is 31.2 Å². The molecule has 0 unspecified atom stereocenters. The summed E-state index contributed by atoms with van der Waals surface area (Å²) in [5.41, 5.74) is 0.106. The highest BCUT2D eigenvalue weighted by Gasteiger charge is 2.13. The summed E-state index contributed by atoms with van der Waals surface area (Å²) in [6, 6.07) is 0. The number of hydrogen-bond acceptors (Lipinski definition) is 5. The van der Waals surface area contributed by atoms with Gasteiger partial charge in [0.2, 0.25) is 0 Å². The number of halogens is 1. The first-order valence-electron chi connectivity index (χ1n) is 6.17. The molecule has 18 heavy (non-hydrogen) atoms. The smallest absolute Gasteiger partial charge is 0.356 e. The van der Waals surface area contributed by atoms with Crippen molar-refractivity contribution in [3.8, 4) is 0 Å². The molecule has 0 aromatic rings. The molecule has 0 heterocycles. The van der Waals surface area contributed by atoms with Gasteiger partial charge < -0.3 is 14.8 Å². The number of alkyl halides is 1. The van der Waals surface area contributed by atoms with Crippen LogP contribution in [-0.2, 0) is 9.53 Å². The predicted molar refractivity (Wildman–Crippen MR) is 82.8 cm³/mol. The standard InChI is InChI=1S/C11H22N2O3.CH3I/c1-4-13(5-2)9-7-8-10(12-15)11(14)16-6-3;1-2/h15H,4-9H2,1-3H3;1H3. The zero-order valence-corrected chi connectivity index (χ0v) is 13.9. The van der Waals surface area contributed by atoms with Crippen molar-refractivity contribution in [1.29, 1.82) is 0 Å². The van der Waals surface area contributed by atoms with Crippen LogP contribution in [0, 0.1) is 0 Å². The molecular formula is C12H25IN2O3. The molecule has 0 aliphatic carbocycles. The Morgan fingerprint density at radius 1 is 1.28 bits per heavy atom. The fourth-order valence-corrected chi connectivity index (χ4v) is 1.42. The van der Waals surface area contributed by atoms with Gasteiger partial charge >= 0.3 is 5.97 Å². The molecule has 0 amide bonds. The second-order valence-electron chi connectivity index (χ2n) is 3.40. The van der Waals surface area contributed by atoms with E-state index in [1.165, 1.54) is 0 Å². The molecule has 108 valence electrons. The van der Waals surface area contributed by atoms with Gasteiger partial charge in [-0.2, -0.15) is 0 Å². The molecule has 1 N–H and O–H groups in total. The fraction of sp³-hybridized carbons (Fsp3) is 0.833. The van der Waals surface area contributed by atoms with Crippen LogP contribution < -0.4 is 0 Å². The number of ether oxygens (including phenoxy) is 1. The summed E-state index contributed by atoms with van der Waals surface area (Å²) >= 11 is 2.15. The Kier molecular flexibility index (Phi) is 16.3. The maximum absolute atomic E-state index is 11.3. The van der Waals surface area contributed by atoms with Crippen molar-refractivity contribution >= 4 is 34.3 Å². The van der Waals surface area contributed by atoms with Crippen LogP contribution >= 0.6 is 22.6 Å². The average molecular weight is 372 g/mol. The summed E-state index contributed by atoms with van der Waals surface area (Å²) in [5.74, 6) is -0.524. The molecular weight excluding hydrogens is 347 g/mol. The minimum atomic E-state index is -0.524. The first-order valence-corrected chi connectivity index (χ1v) is 8.33. The highest BCUT2D eigenvalue weighted by Crippen LogP contribution is 1.99. The van der Waals surface area contributed by atoms with E-state index in [4.69, 9.17) is 9.94 Å². The summed E-state index contributed by atoms with van der Waals surface area (Å²) in [5, 5.41) is 11.7. The van der Waals surface area contributed by atoms with E-state index in [1.807, 2.05) is 4.93 Å². The number of hydrogen-bond donors (Lipinski definition) is 1. The second-order valence-corrected chi connectivity index (χ2v) is 3.40. The average Bonchev–Trinajstić information content (AvgIpc) is 2.41. The van der Waals surface area contributed by atoms with Gasteiger partial charge in [0.05, 0.1) is 6.61 Å².